The second-order valence-electron chi connectivity index (χ2n) is 7.21. The number of rotatable bonds is 4. The normalized spacial score (nSPS) is 20.3. The van der Waals surface area contributed by atoms with Gasteiger partial charge in [-0.2, -0.15) is 0 Å². The summed E-state index contributed by atoms with van der Waals surface area (Å²) in [7, 11) is 1.97. The molecule has 0 unspecified atom stereocenters. The van der Waals surface area contributed by atoms with Crippen LogP contribution in [0.4, 0.5) is 0 Å². The zero-order valence-corrected chi connectivity index (χ0v) is 17.8. The van der Waals surface area contributed by atoms with Crippen molar-refractivity contribution >= 4 is 55.7 Å². The third-order valence-electron chi connectivity index (χ3n) is 5.33. The average molecular weight is 448 g/mol. The molecule has 1 saturated carbocycles. The van der Waals surface area contributed by atoms with Gasteiger partial charge in [-0.3, -0.25) is 4.79 Å². The highest BCUT2D eigenvalue weighted by molar-refractivity contribution is 9.10. The summed E-state index contributed by atoms with van der Waals surface area (Å²) >= 11 is 4.84. The molecular weight excluding hydrogens is 426 g/mol. The van der Waals surface area contributed by atoms with Crippen molar-refractivity contribution in [3.05, 3.63) is 22.7 Å². The maximum Gasteiger partial charge on any atom is 0.230 e. The standard InChI is InChI=1S/C19H22BrN5OS/c1-11-5-3-4-6-14(11)21-16(26)10-27-19-22-18-17(23-24-19)13-9-12(20)7-8-15(13)25(18)2/h7-9,11,14H,3-6,10H2,1-2H3,(H,21,26)/t11-,14-/m1/s1. The largest absolute Gasteiger partial charge is 0.352 e. The molecule has 1 aliphatic carbocycles. The van der Waals surface area contributed by atoms with E-state index in [-0.39, 0.29) is 5.91 Å². The molecule has 3 aromatic rings. The molecule has 1 fully saturated rings. The highest BCUT2D eigenvalue weighted by Gasteiger charge is 2.23. The summed E-state index contributed by atoms with van der Waals surface area (Å²) in [5, 5.41) is 13.3. The number of aromatic nitrogens is 4. The lowest BCUT2D eigenvalue weighted by molar-refractivity contribution is -0.119. The second kappa shape index (κ2) is 7.75. The third kappa shape index (κ3) is 3.82. The van der Waals surface area contributed by atoms with E-state index >= 15 is 0 Å². The van der Waals surface area contributed by atoms with Gasteiger partial charge in [0, 0.05) is 22.9 Å². The average Bonchev–Trinajstić information content (AvgIpc) is 2.93. The molecule has 4 rings (SSSR count). The Kier molecular flexibility index (Phi) is 5.36. The first kappa shape index (κ1) is 18.7. The number of thioether (sulfide) groups is 1. The Morgan fingerprint density at radius 1 is 1.33 bits per heavy atom. The number of carbonyl (C=O) groups excluding carboxylic acids is 1. The molecule has 1 amide bonds. The number of amides is 1. The number of nitrogens with zero attached hydrogens (tertiary/aromatic N) is 4. The lowest BCUT2D eigenvalue weighted by atomic mass is 9.86. The molecule has 2 atom stereocenters. The van der Waals surface area contributed by atoms with Crippen LogP contribution in [0.1, 0.15) is 32.6 Å². The van der Waals surface area contributed by atoms with Gasteiger partial charge in [0.1, 0.15) is 5.52 Å². The van der Waals surface area contributed by atoms with Crippen LogP contribution in [0.5, 0.6) is 0 Å². The van der Waals surface area contributed by atoms with Crippen molar-refractivity contribution in [2.24, 2.45) is 13.0 Å². The summed E-state index contributed by atoms with van der Waals surface area (Å²) in [6.45, 7) is 2.22. The number of halogens is 1. The summed E-state index contributed by atoms with van der Waals surface area (Å²) in [6.07, 6.45) is 4.73. The van der Waals surface area contributed by atoms with E-state index in [0.29, 0.717) is 22.9 Å². The fourth-order valence-corrected chi connectivity index (χ4v) is 4.74. The van der Waals surface area contributed by atoms with Gasteiger partial charge in [-0.15, -0.1) is 10.2 Å². The Hall–Kier alpha value is -1.67. The maximum atomic E-state index is 12.3. The number of hydrogen-bond acceptors (Lipinski definition) is 5. The van der Waals surface area contributed by atoms with Crippen LogP contribution in [0.2, 0.25) is 0 Å². The van der Waals surface area contributed by atoms with Crippen LogP contribution in [0.15, 0.2) is 27.8 Å². The lowest BCUT2D eigenvalue weighted by Gasteiger charge is -2.29. The Morgan fingerprint density at radius 2 is 2.15 bits per heavy atom. The fourth-order valence-electron chi connectivity index (χ4n) is 3.79. The topological polar surface area (TPSA) is 72.7 Å². The second-order valence-corrected chi connectivity index (χ2v) is 9.07. The van der Waals surface area contributed by atoms with Gasteiger partial charge in [0.2, 0.25) is 11.1 Å². The maximum absolute atomic E-state index is 12.3. The van der Waals surface area contributed by atoms with Crippen molar-refractivity contribution in [3.63, 3.8) is 0 Å². The molecule has 0 spiro atoms. The number of benzene rings is 1. The van der Waals surface area contributed by atoms with E-state index in [2.05, 4.69) is 43.4 Å². The van der Waals surface area contributed by atoms with Gasteiger partial charge in [0.25, 0.3) is 0 Å². The van der Waals surface area contributed by atoms with Crippen molar-refractivity contribution in [2.45, 2.75) is 43.8 Å². The molecule has 8 heteroatoms. The van der Waals surface area contributed by atoms with E-state index in [0.717, 1.165) is 33.0 Å². The van der Waals surface area contributed by atoms with Crippen molar-refractivity contribution in [1.82, 2.24) is 25.1 Å². The monoisotopic (exact) mass is 447 g/mol. The molecule has 2 aromatic heterocycles. The van der Waals surface area contributed by atoms with Gasteiger partial charge in [0.05, 0.1) is 11.3 Å². The van der Waals surface area contributed by atoms with Crippen LogP contribution in [0.3, 0.4) is 0 Å². The molecule has 0 saturated heterocycles. The first-order valence-corrected chi connectivity index (χ1v) is 11.0. The predicted octanol–water partition coefficient (Wildman–Crippen LogP) is 4.07. The number of aryl methyl sites for hydroxylation is 1. The first-order chi connectivity index (χ1) is 13.0. The SMILES string of the molecule is C[C@@H]1CCCC[C@H]1NC(=O)CSc1nnc2c3cc(Br)ccc3n(C)c2n1. The van der Waals surface area contributed by atoms with E-state index in [9.17, 15) is 4.79 Å². The van der Waals surface area contributed by atoms with E-state index in [4.69, 9.17) is 0 Å². The molecule has 27 heavy (non-hydrogen) atoms. The van der Waals surface area contributed by atoms with Crippen LogP contribution in [-0.2, 0) is 11.8 Å². The highest BCUT2D eigenvalue weighted by atomic mass is 79.9. The van der Waals surface area contributed by atoms with Gasteiger partial charge in [-0.1, -0.05) is 47.5 Å². The van der Waals surface area contributed by atoms with Crippen LogP contribution < -0.4 is 5.32 Å². The Morgan fingerprint density at radius 3 is 2.96 bits per heavy atom. The molecule has 0 aliphatic heterocycles. The van der Waals surface area contributed by atoms with Crippen molar-refractivity contribution in [3.8, 4) is 0 Å². The van der Waals surface area contributed by atoms with Crippen LogP contribution in [0.25, 0.3) is 22.1 Å². The Balaban J connectivity index is 1.48. The number of fused-ring (bicyclic) bond motifs is 3. The summed E-state index contributed by atoms with van der Waals surface area (Å²) in [4.78, 5) is 17.0. The minimum Gasteiger partial charge on any atom is -0.352 e. The number of carbonyl (C=O) groups is 1. The molecule has 6 nitrogen and oxygen atoms in total. The quantitative estimate of drug-likeness (QED) is 0.610. The van der Waals surface area contributed by atoms with E-state index < -0.39 is 0 Å². The Labute approximate surface area is 170 Å². The van der Waals surface area contributed by atoms with Gasteiger partial charge in [-0.05, 0) is 37.0 Å². The molecule has 1 aromatic carbocycles. The van der Waals surface area contributed by atoms with Crippen LogP contribution in [-0.4, -0.2) is 37.5 Å². The molecule has 2 heterocycles. The van der Waals surface area contributed by atoms with Gasteiger partial charge in [0.15, 0.2) is 5.65 Å². The number of nitrogens with one attached hydrogen (secondary N) is 1. The van der Waals surface area contributed by atoms with Crippen LogP contribution >= 0.6 is 27.7 Å². The van der Waals surface area contributed by atoms with E-state index in [1.165, 1.54) is 31.0 Å². The zero-order chi connectivity index (χ0) is 19.0. The van der Waals surface area contributed by atoms with E-state index in [1.54, 1.807) is 0 Å². The van der Waals surface area contributed by atoms with E-state index in [1.807, 2.05) is 29.8 Å². The smallest absolute Gasteiger partial charge is 0.230 e. The summed E-state index contributed by atoms with van der Waals surface area (Å²) in [5.74, 6) is 0.909. The van der Waals surface area contributed by atoms with Gasteiger partial charge < -0.3 is 9.88 Å². The molecule has 0 radical (unpaired) electrons. The van der Waals surface area contributed by atoms with Gasteiger partial charge >= 0.3 is 0 Å². The summed E-state index contributed by atoms with van der Waals surface area (Å²) < 4.78 is 3.01. The molecule has 1 aliphatic rings. The van der Waals surface area contributed by atoms with Crippen LogP contribution in [0, 0.1) is 5.92 Å². The first-order valence-electron chi connectivity index (χ1n) is 9.23. The van der Waals surface area contributed by atoms with Gasteiger partial charge in [-0.25, -0.2) is 4.98 Å². The summed E-state index contributed by atoms with van der Waals surface area (Å²) in [6, 6.07) is 6.36. The lowest BCUT2D eigenvalue weighted by Crippen LogP contribution is -2.41. The van der Waals surface area contributed by atoms with Crippen molar-refractivity contribution < 1.29 is 4.79 Å². The summed E-state index contributed by atoms with van der Waals surface area (Å²) in [5.41, 5.74) is 2.61. The molecular formula is C19H22BrN5OS. The fraction of sp³-hybridized carbons (Fsp3) is 0.474. The van der Waals surface area contributed by atoms with Crippen molar-refractivity contribution in [1.29, 1.82) is 0 Å². The molecule has 142 valence electrons. The molecule has 1 N–H and O–H groups in total. The Bertz CT molecular complexity index is 1000. The third-order valence-corrected chi connectivity index (χ3v) is 6.66. The van der Waals surface area contributed by atoms with Crippen molar-refractivity contribution in [2.75, 3.05) is 5.75 Å². The zero-order valence-electron chi connectivity index (χ0n) is 15.4. The number of hydrogen-bond donors (Lipinski definition) is 1. The minimum absolute atomic E-state index is 0.0448. The molecule has 0 bridgehead atoms. The highest BCUT2D eigenvalue weighted by Crippen LogP contribution is 2.29. The minimum atomic E-state index is 0.0448. The predicted molar refractivity (Wildman–Crippen MR) is 112 cm³/mol.